The molecule has 1 aromatic heterocycles. The van der Waals surface area contributed by atoms with Gasteiger partial charge in [0.2, 0.25) is 11.8 Å². The fourth-order valence-corrected chi connectivity index (χ4v) is 4.20. The molecule has 1 saturated heterocycles. The number of carbonyl (C=O) groups is 2. The Morgan fingerprint density at radius 1 is 1.33 bits per heavy atom. The Morgan fingerprint density at radius 2 is 2.08 bits per heavy atom. The van der Waals surface area contributed by atoms with Gasteiger partial charge in [0.05, 0.1) is 0 Å². The number of piperidine rings is 1. The van der Waals surface area contributed by atoms with Crippen LogP contribution >= 0.6 is 0 Å². The van der Waals surface area contributed by atoms with Crippen LogP contribution in [0, 0.1) is 5.92 Å². The Balaban J connectivity index is 1.75. The quantitative estimate of drug-likeness (QED) is 0.891. The maximum Gasteiger partial charge on any atom is 0.248 e. The van der Waals surface area contributed by atoms with Gasteiger partial charge in [-0.25, -0.2) is 0 Å². The van der Waals surface area contributed by atoms with Gasteiger partial charge in [0.15, 0.2) is 0 Å². The minimum absolute atomic E-state index is 0.105. The molecule has 0 radical (unpaired) electrons. The molecule has 24 heavy (non-hydrogen) atoms. The van der Waals surface area contributed by atoms with Gasteiger partial charge in [-0.05, 0) is 50.5 Å². The average Bonchev–Trinajstić information content (AvgIpc) is 3.11. The molecule has 6 nitrogen and oxygen atoms in total. The van der Waals surface area contributed by atoms with Crippen LogP contribution in [-0.4, -0.2) is 45.5 Å². The summed E-state index contributed by atoms with van der Waals surface area (Å²) in [5.74, 6) is 0.926. The van der Waals surface area contributed by atoms with Gasteiger partial charge in [0.25, 0.3) is 0 Å². The molecular formula is C18H28N4O2. The highest BCUT2D eigenvalue weighted by atomic mass is 16.2. The summed E-state index contributed by atoms with van der Waals surface area (Å²) in [4.78, 5) is 27.0. The zero-order valence-electron chi connectivity index (χ0n) is 14.7. The van der Waals surface area contributed by atoms with Crippen LogP contribution in [0.25, 0.3) is 0 Å². The van der Waals surface area contributed by atoms with E-state index in [1.807, 2.05) is 11.0 Å². The molecule has 2 aliphatic rings. The Labute approximate surface area is 143 Å². The normalized spacial score (nSPS) is 30.8. The van der Waals surface area contributed by atoms with E-state index in [0.29, 0.717) is 18.4 Å². The van der Waals surface area contributed by atoms with E-state index in [1.54, 1.807) is 6.20 Å². The minimum Gasteiger partial charge on any atom is -0.342 e. The SMILES string of the molecule is CC(=O)NC1(C(=O)N2CCC[C@H](c3ccn[nH]3)C2)CCC(C)CC1. The highest BCUT2D eigenvalue weighted by Crippen LogP contribution is 2.35. The van der Waals surface area contributed by atoms with Crippen molar-refractivity contribution in [2.24, 2.45) is 5.92 Å². The van der Waals surface area contributed by atoms with Gasteiger partial charge in [-0.2, -0.15) is 5.10 Å². The summed E-state index contributed by atoms with van der Waals surface area (Å²) in [6, 6.07) is 1.99. The fourth-order valence-electron chi connectivity index (χ4n) is 4.20. The standard InChI is InChI=1S/C18H28N4O2/c1-13-5-8-18(9-6-13,20-14(2)23)17(24)22-11-3-4-15(12-22)16-7-10-19-21-16/h7,10,13,15H,3-6,8-9,11-12H2,1-2H3,(H,19,21)(H,20,23)/t13?,15-,18?/m0/s1. The third-order valence-corrected chi connectivity index (χ3v) is 5.62. The van der Waals surface area contributed by atoms with Crippen LogP contribution in [0.15, 0.2) is 12.3 Å². The molecule has 0 spiro atoms. The number of carbonyl (C=O) groups excluding carboxylic acids is 2. The van der Waals surface area contributed by atoms with E-state index in [4.69, 9.17) is 0 Å². The van der Waals surface area contributed by atoms with Gasteiger partial charge < -0.3 is 10.2 Å². The molecule has 0 unspecified atom stereocenters. The molecule has 1 aliphatic heterocycles. The third kappa shape index (κ3) is 3.47. The summed E-state index contributed by atoms with van der Waals surface area (Å²) >= 11 is 0. The lowest BCUT2D eigenvalue weighted by Gasteiger charge is -2.43. The number of likely N-dealkylation sites (tertiary alicyclic amines) is 1. The van der Waals surface area contributed by atoms with Crippen molar-refractivity contribution in [3.63, 3.8) is 0 Å². The number of rotatable bonds is 3. The first-order valence-corrected chi connectivity index (χ1v) is 9.07. The Hall–Kier alpha value is -1.85. The summed E-state index contributed by atoms with van der Waals surface area (Å²) in [7, 11) is 0. The Bertz CT molecular complexity index is 576. The number of hydrogen-bond acceptors (Lipinski definition) is 3. The second kappa shape index (κ2) is 6.95. The van der Waals surface area contributed by atoms with Crippen molar-refractivity contribution in [2.75, 3.05) is 13.1 Å². The number of amides is 2. The molecule has 2 amide bonds. The van der Waals surface area contributed by atoms with E-state index in [9.17, 15) is 9.59 Å². The van der Waals surface area contributed by atoms with E-state index in [1.165, 1.54) is 6.92 Å². The summed E-state index contributed by atoms with van der Waals surface area (Å²) in [6.45, 7) is 5.21. The van der Waals surface area contributed by atoms with E-state index in [0.717, 1.165) is 50.8 Å². The second-order valence-corrected chi connectivity index (χ2v) is 7.55. The highest BCUT2D eigenvalue weighted by molar-refractivity contribution is 5.91. The molecule has 1 aromatic rings. The Morgan fingerprint density at radius 3 is 2.71 bits per heavy atom. The summed E-state index contributed by atoms with van der Waals surface area (Å²) < 4.78 is 0. The zero-order valence-corrected chi connectivity index (χ0v) is 14.7. The van der Waals surface area contributed by atoms with Crippen molar-refractivity contribution in [1.82, 2.24) is 20.4 Å². The van der Waals surface area contributed by atoms with E-state index in [2.05, 4.69) is 22.4 Å². The lowest BCUT2D eigenvalue weighted by Crippen LogP contribution is -2.61. The number of aromatic nitrogens is 2. The van der Waals surface area contributed by atoms with Gasteiger partial charge >= 0.3 is 0 Å². The van der Waals surface area contributed by atoms with Crippen LogP contribution in [0.3, 0.4) is 0 Å². The summed E-state index contributed by atoms with van der Waals surface area (Å²) in [5, 5.41) is 10.1. The molecule has 0 bridgehead atoms. The predicted octanol–water partition coefficient (Wildman–Crippen LogP) is 2.20. The fraction of sp³-hybridized carbons (Fsp3) is 0.722. The van der Waals surface area contributed by atoms with Crippen LogP contribution in [0.5, 0.6) is 0 Å². The van der Waals surface area contributed by atoms with Crippen molar-refractivity contribution in [1.29, 1.82) is 0 Å². The molecule has 1 atom stereocenters. The van der Waals surface area contributed by atoms with Gasteiger partial charge in [0, 0.05) is 37.8 Å². The van der Waals surface area contributed by atoms with Gasteiger partial charge in [-0.1, -0.05) is 6.92 Å². The van der Waals surface area contributed by atoms with Crippen LogP contribution in [-0.2, 0) is 9.59 Å². The van der Waals surface area contributed by atoms with E-state index >= 15 is 0 Å². The lowest BCUT2D eigenvalue weighted by atomic mass is 9.75. The second-order valence-electron chi connectivity index (χ2n) is 7.55. The van der Waals surface area contributed by atoms with Crippen molar-refractivity contribution in [3.8, 4) is 0 Å². The smallest absolute Gasteiger partial charge is 0.248 e. The van der Waals surface area contributed by atoms with Crippen LogP contribution in [0.2, 0.25) is 0 Å². The van der Waals surface area contributed by atoms with Crippen LogP contribution in [0.4, 0.5) is 0 Å². The van der Waals surface area contributed by atoms with Gasteiger partial charge in [-0.3, -0.25) is 14.7 Å². The lowest BCUT2D eigenvalue weighted by molar-refractivity contribution is -0.144. The van der Waals surface area contributed by atoms with Crippen molar-refractivity contribution >= 4 is 11.8 Å². The van der Waals surface area contributed by atoms with Crippen molar-refractivity contribution in [2.45, 2.75) is 63.8 Å². The summed E-state index contributed by atoms with van der Waals surface area (Å²) in [6.07, 6.45) is 7.29. The summed E-state index contributed by atoms with van der Waals surface area (Å²) in [5.41, 5.74) is 0.396. The molecule has 3 rings (SSSR count). The number of H-pyrrole nitrogens is 1. The minimum atomic E-state index is -0.700. The third-order valence-electron chi connectivity index (χ3n) is 5.62. The van der Waals surface area contributed by atoms with Gasteiger partial charge in [0.1, 0.15) is 5.54 Å². The Kier molecular flexibility index (Phi) is 4.92. The molecule has 1 aliphatic carbocycles. The molecule has 0 aromatic carbocycles. The van der Waals surface area contributed by atoms with Crippen molar-refractivity contribution < 1.29 is 9.59 Å². The molecule has 2 N–H and O–H groups in total. The van der Waals surface area contributed by atoms with Crippen LogP contribution in [0.1, 0.15) is 64.0 Å². The van der Waals surface area contributed by atoms with E-state index < -0.39 is 5.54 Å². The van der Waals surface area contributed by atoms with Crippen molar-refractivity contribution in [3.05, 3.63) is 18.0 Å². The molecule has 2 fully saturated rings. The first-order chi connectivity index (χ1) is 11.5. The van der Waals surface area contributed by atoms with E-state index in [-0.39, 0.29) is 11.8 Å². The predicted molar refractivity (Wildman–Crippen MR) is 91.3 cm³/mol. The zero-order chi connectivity index (χ0) is 17.2. The first kappa shape index (κ1) is 17.0. The largest absolute Gasteiger partial charge is 0.342 e. The molecule has 6 heteroatoms. The monoisotopic (exact) mass is 332 g/mol. The van der Waals surface area contributed by atoms with Gasteiger partial charge in [-0.15, -0.1) is 0 Å². The number of nitrogens with one attached hydrogen (secondary N) is 2. The maximum absolute atomic E-state index is 13.3. The highest BCUT2D eigenvalue weighted by Gasteiger charge is 2.45. The molecular weight excluding hydrogens is 304 g/mol. The maximum atomic E-state index is 13.3. The number of hydrogen-bond donors (Lipinski definition) is 2. The number of aromatic amines is 1. The first-order valence-electron chi connectivity index (χ1n) is 9.07. The van der Waals surface area contributed by atoms with Crippen LogP contribution < -0.4 is 5.32 Å². The average molecular weight is 332 g/mol. The molecule has 1 saturated carbocycles. The number of nitrogens with zero attached hydrogens (tertiary/aromatic N) is 2. The molecule has 132 valence electrons. The molecule has 2 heterocycles. The topological polar surface area (TPSA) is 78.1 Å².